The molecule has 1 aromatic rings. The maximum atomic E-state index is 12.8. The third kappa shape index (κ3) is 3.65. The van der Waals surface area contributed by atoms with Gasteiger partial charge >= 0.3 is 5.69 Å². The van der Waals surface area contributed by atoms with Gasteiger partial charge in [0.25, 0.3) is 0 Å². The molecule has 1 heterocycles. The maximum absolute atomic E-state index is 12.8. The highest BCUT2D eigenvalue weighted by atomic mass is 32.2. The van der Waals surface area contributed by atoms with Crippen LogP contribution in [0.2, 0.25) is 0 Å². The first-order valence-corrected chi connectivity index (χ1v) is 8.79. The molecule has 0 aliphatic carbocycles. The van der Waals surface area contributed by atoms with Crippen molar-refractivity contribution in [1.82, 2.24) is 9.21 Å². The summed E-state index contributed by atoms with van der Waals surface area (Å²) in [5, 5.41) is 11.1. The summed E-state index contributed by atoms with van der Waals surface area (Å²) < 4.78 is 31.6. The van der Waals surface area contributed by atoms with E-state index in [9.17, 15) is 23.3 Å². The normalized spacial score (nSPS) is 16.5. The molecule has 0 unspecified atom stereocenters. The van der Waals surface area contributed by atoms with Gasteiger partial charge in [-0.15, -0.1) is 0 Å². The molecule has 0 aromatic heterocycles. The Labute approximate surface area is 140 Å². The molecule has 0 N–H and O–H groups in total. The minimum atomic E-state index is -3.88. The highest BCUT2D eigenvalue weighted by Crippen LogP contribution is 2.30. The molecule has 1 aliphatic rings. The van der Waals surface area contributed by atoms with Gasteiger partial charge in [-0.3, -0.25) is 14.9 Å². The van der Waals surface area contributed by atoms with Crippen LogP contribution in [-0.2, 0) is 14.8 Å². The van der Waals surface area contributed by atoms with E-state index in [4.69, 9.17) is 4.74 Å². The minimum absolute atomic E-state index is 0.00225. The lowest BCUT2D eigenvalue weighted by Crippen LogP contribution is -2.36. The molecule has 132 valence electrons. The number of carbonyl (C=O) groups excluding carboxylic acids is 1. The molecule has 1 amide bonds. The van der Waals surface area contributed by atoms with Crippen LogP contribution in [0.3, 0.4) is 0 Å². The van der Waals surface area contributed by atoms with Gasteiger partial charge in [-0.05, 0) is 18.6 Å². The van der Waals surface area contributed by atoms with Crippen molar-refractivity contribution < 1.29 is 22.9 Å². The van der Waals surface area contributed by atoms with E-state index < -0.39 is 20.6 Å². The molecule has 0 saturated carbocycles. The maximum Gasteiger partial charge on any atom is 0.312 e. The molecule has 24 heavy (non-hydrogen) atoms. The van der Waals surface area contributed by atoms with Crippen molar-refractivity contribution in [1.29, 1.82) is 0 Å². The zero-order chi connectivity index (χ0) is 17.9. The van der Waals surface area contributed by atoms with Crippen molar-refractivity contribution in [2.45, 2.75) is 18.2 Å². The fourth-order valence-corrected chi connectivity index (χ4v) is 4.06. The van der Waals surface area contributed by atoms with Crippen LogP contribution in [-0.4, -0.2) is 61.7 Å². The van der Waals surface area contributed by atoms with Crippen LogP contribution in [0.1, 0.15) is 13.3 Å². The van der Waals surface area contributed by atoms with Gasteiger partial charge in [-0.2, -0.15) is 4.31 Å². The standard InChI is InChI=1S/C14H19N3O6S/c1-11(18)15-6-3-7-16(9-8-15)24(21,22)12-4-5-14(23-2)13(10-12)17(19)20/h4-5,10H,3,6-9H2,1-2H3. The Morgan fingerprint density at radius 2 is 1.96 bits per heavy atom. The van der Waals surface area contributed by atoms with Crippen LogP contribution in [0.4, 0.5) is 5.69 Å². The van der Waals surface area contributed by atoms with Crippen molar-refractivity contribution in [3.63, 3.8) is 0 Å². The summed E-state index contributed by atoms with van der Waals surface area (Å²) in [6, 6.07) is 3.56. The van der Waals surface area contributed by atoms with E-state index in [1.807, 2.05) is 0 Å². The summed E-state index contributed by atoms with van der Waals surface area (Å²) >= 11 is 0. The van der Waals surface area contributed by atoms with Gasteiger partial charge in [0, 0.05) is 39.2 Å². The van der Waals surface area contributed by atoms with Gasteiger partial charge in [0.15, 0.2) is 5.75 Å². The Balaban J connectivity index is 2.32. The average Bonchev–Trinajstić information content (AvgIpc) is 2.80. The molecule has 1 aliphatic heterocycles. The predicted octanol–water partition coefficient (Wildman–Crippen LogP) is 0.846. The number of nitrogens with zero attached hydrogens (tertiary/aromatic N) is 3. The SMILES string of the molecule is COc1ccc(S(=O)(=O)N2CCCN(C(C)=O)CC2)cc1[N+](=O)[O-]. The highest BCUT2D eigenvalue weighted by molar-refractivity contribution is 7.89. The second kappa shape index (κ2) is 7.14. The van der Waals surface area contributed by atoms with E-state index in [0.717, 1.165) is 6.07 Å². The Morgan fingerprint density at radius 3 is 2.54 bits per heavy atom. The van der Waals surface area contributed by atoms with E-state index in [0.29, 0.717) is 19.5 Å². The van der Waals surface area contributed by atoms with E-state index in [1.165, 1.54) is 30.5 Å². The smallest absolute Gasteiger partial charge is 0.312 e. The van der Waals surface area contributed by atoms with Crippen molar-refractivity contribution in [2.75, 3.05) is 33.3 Å². The fourth-order valence-electron chi connectivity index (χ4n) is 2.57. The van der Waals surface area contributed by atoms with Crippen molar-refractivity contribution in [2.24, 2.45) is 0 Å². The van der Waals surface area contributed by atoms with Gasteiger partial charge in [0.05, 0.1) is 16.9 Å². The molecular formula is C14H19N3O6S. The van der Waals surface area contributed by atoms with Crippen molar-refractivity contribution in [3.8, 4) is 5.75 Å². The van der Waals surface area contributed by atoms with Gasteiger partial charge in [-0.1, -0.05) is 0 Å². The van der Waals surface area contributed by atoms with Gasteiger partial charge in [0.1, 0.15) is 0 Å². The number of rotatable bonds is 4. The molecule has 0 spiro atoms. The van der Waals surface area contributed by atoms with Crippen LogP contribution in [0.25, 0.3) is 0 Å². The second-order valence-corrected chi connectivity index (χ2v) is 7.29. The van der Waals surface area contributed by atoms with E-state index in [1.54, 1.807) is 4.90 Å². The average molecular weight is 357 g/mol. The summed E-state index contributed by atoms with van der Waals surface area (Å²) in [5.41, 5.74) is -0.404. The first kappa shape index (κ1) is 18.1. The summed E-state index contributed by atoms with van der Waals surface area (Å²) in [5.74, 6) is -0.105. The van der Waals surface area contributed by atoms with E-state index in [2.05, 4.69) is 0 Å². The number of methoxy groups -OCH3 is 1. The molecule has 0 bridgehead atoms. The lowest BCUT2D eigenvalue weighted by Gasteiger charge is -2.21. The number of sulfonamides is 1. The van der Waals surface area contributed by atoms with Gasteiger partial charge < -0.3 is 9.64 Å². The third-order valence-electron chi connectivity index (χ3n) is 3.88. The topological polar surface area (TPSA) is 110 Å². The Bertz CT molecular complexity index is 749. The van der Waals surface area contributed by atoms with Crippen molar-refractivity contribution >= 4 is 21.6 Å². The van der Waals surface area contributed by atoms with Crippen LogP contribution in [0.5, 0.6) is 5.75 Å². The third-order valence-corrected chi connectivity index (χ3v) is 5.78. The molecule has 0 atom stereocenters. The number of nitro benzene ring substituents is 1. The molecule has 10 heteroatoms. The minimum Gasteiger partial charge on any atom is -0.490 e. The number of ether oxygens (including phenoxy) is 1. The Hall–Kier alpha value is -2.20. The second-order valence-electron chi connectivity index (χ2n) is 5.35. The molecule has 1 fully saturated rings. The molecular weight excluding hydrogens is 338 g/mol. The number of amides is 1. The zero-order valence-electron chi connectivity index (χ0n) is 13.5. The number of hydrogen-bond donors (Lipinski definition) is 0. The number of hydrogen-bond acceptors (Lipinski definition) is 6. The molecule has 0 radical (unpaired) electrons. The number of nitro groups is 1. The van der Waals surface area contributed by atoms with E-state index >= 15 is 0 Å². The van der Waals surface area contributed by atoms with Gasteiger partial charge in [-0.25, -0.2) is 8.42 Å². The number of benzene rings is 1. The van der Waals surface area contributed by atoms with Crippen LogP contribution >= 0.6 is 0 Å². The fraction of sp³-hybridized carbons (Fsp3) is 0.500. The summed E-state index contributed by atoms with van der Waals surface area (Å²) in [6.07, 6.45) is 0.511. The summed E-state index contributed by atoms with van der Waals surface area (Å²) in [7, 11) is -2.60. The van der Waals surface area contributed by atoms with Crippen LogP contribution < -0.4 is 4.74 Å². The van der Waals surface area contributed by atoms with Crippen LogP contribution in [0.15, 0.2) is 23.1 Å². The molecule has 1 aromatic carbocycles. The first-order valence-electron chi connectivity index (χ1n) is 7.35. The molecule has 1 saturated heterocycles. The lowest BCUT2D eigenvalue weighted by molar-refractivity contribution is -0.386. The zero-order valence-corrected chi connectivity index (χ0v) is 14.3. The number of carbonyl (C=O) groups is 1. The van der Waals surface area contributed by atoms with Crippen molar-refractivity contribution in [3.05, 3.63) is 28.3 Å². The molecule has 9 nitrogen and oxygen atoms in total. The summed E-state index contributed by atoms with van der Waals surface area (Å²) in [4.78, 5) is 23.3. The quantitative estimate of drug-likeness (QED) is 0.583. The van der Waals surface area contributed by atoms with E-state index in [-0.39, 0.29) is 29.6 Å². The molecule has 2 rings (SSSR count). The predicted molar refractivity (Wildman–Crippen MR) is 85.3 cm³/mol. The monoisotopic (exact) mass is 357 g/mol. The highest BCUT2D eigenvalue weighted by Gasteiger charge is 2.29. The largest absolute Gasteiger partial charge is 0.490 e. The van der Waals surface area contributed by atoms with Gasteiger partial charge in [0.2, 0.25) is 15.9 Å². The Kier molecular flexibility index (Phi) is 5.40. The van der Waals surface area contributed by atoms with Crippen LogP contribution in [0, 0.1) is 10.1 Å². The Morgan fingerprint density at radius 1 is 1.25 bits per heavy atom. The first-order chi connectivity index (χ1) is 11.3. The lowest BCUT2D eigenvalue weighted by atomic mass is 10.3. The summed E-state index contributed by atoms with van der Waals surface area (Å²) in [6.45, 7) is 2.64.